The van der Waals surface area contributed by atoms with Crippen LogP contribution in [0.4, 0.5) is 0 Å². The number of nitrogens with zero attached hydrogens (tertiary/aromatic N) is 3. The van der Waals surface area contributed by atoms with E-state index in [1.54, 1.807) is 6.20 Å². The Kier molecular flexibility index (Phi) is 3.89. The normalized spacial score (nSPS) is 10.7. The molecule has 0 aliphatic heterocycles. The third kappa shape index (κ3) is 2.91. The topological polar surface area (TPSA) is 41.1 Å². The van der Waals surface area contributed by atoms with Crippen LogP contribution in [0.15, 0.2) is 48.8 Å². The SMILES string of the molecule is N#CCc1ccc2c(CCc3ccc(Cl)cc3)nccn12. The van der Waals surface area contributed by atoms with Crippen molar-refractivity contribution < 1.29 is 0 Å². The van der Waals surface area contributed by atoms with E-state index < -0.39 is 0 Å². The zero-order chi connectivity index (χ0) is 14.7. The zero-order valence-electron chi connectivity index (χ0n) is 11.5. The Labute approximate surface area is 128 Å². The van der Waals surface area contributed by atoms with E-state index in [9.17, 15) is 0 Å². The summed E-state index contributed by atoms with van der Waals surface area (Å²) < 4.78 is 2.05. The molecule has 0 bridgehead atoms. The van der Waals surface area contributed by atoms with E-state index in [1.807, 2.05) is 47.0 Å². The summed E-state index contributed by atoms with van der Waals surface area (Å²) in [5.41, 5.74) is 4.38. The molecular weight excluding hydrogens is 282 g/mol. The average Bonchev–Trinajstić information content (AvgIpc) is 2.91. The van der Waals surface area contributed by atoms with Gasteiger partial charge >= 0.3 is 0 Å². The highest BCUT2D eigenvalue weighted by Crippen LogP contribution is 2.17. The largest absolute Gasteiger partial charge is 0.317 e. The van der Waals surface area contributed by atoms with Crippen molar-refractivity contribution in [1.29, 1.82) is 5.26 Å². The minimum Gasteiger partial charge on any atom is -0.317 e. The molecule has 21 heavy (non-hydrogen) atoms. The molecule has 2 aromatic heterocycles. The fourth-order valence-corrected chi connectivity index (χ4v) is 2.62. The summed E-state index contributed by atoms with van der Waals surface area (Å²) in [6.07, 6.45) is 5.90. The van der Waals surface area contributed by atoms with Crippen LogP contribution < -0.4 is 0 Å². The van der Waals surface area contributed by atoms with Crippen molar-refractivity contribution in [2.75, 3.05) is 0 Å². The highest BCUT2D eigenvalue weighted by Gasteiger charge is 2.07. The fraction of sp³-hybridized carbons (Fsp3) is 0.176. The lowest BCUT2D eigenvalue weighted by Gasteiger charge is -2.05. The van der Waals surface area contributed by atoms with Gasteiger partial charge in [0.25, 0.3) is 0 Å². The molecule has 3 rings (SSSR count). The molecule has 0 N–H and O–H groups in total. The van der Waals surface area contributed by atoms with Crippen LogP contribution >= 0.6 is 11.6 Å². The van der Waals surface area contributed by atoms with Crippen molar-refractivity contribution in [1.82, 2.24) is 9.38 Å². The second kappa shape index (κ2) is 5.99. The fourth-order valence-electron chi connectivity index (χ4n) is 2.49. The summed E-state index contributed by atoms with van der Waals surface area (Å²) in [7, 11) is 0. The maximum absolute atomic E-state index is 8.85. The molecule has 0 atom stereocenters. The predicted octanol–water partition coefficient (Wildman–Crippen LogP) is 3.84. The number of rotatable bonds is 4. The Balaban J connectivity index is 1.84. The first-order chi connectivity index (χ1) is 10.3. The maximum atomic E-state index is 8.85. The smallest absolute Gasteiger partial charge is 0.0758 e. The van der Waals surface area contributed by atoms with Gasteiger partial charge in [0.1, 0.15) is 0 Å². The first-order valence-electron chi connectivity index (χ1n) is 6.83. The van der Waals surface area contributed by atoms with E-state index in [1.165, 1.54) is 5.56 Å². The summed E-state index contributed by atoms with van der Waals surface area (Å²) in [6.45, 7) is 0. The number of halogens is 1. The van der Waals surface area contributed by atoms with Crippen molar-refractivity contribution >= 4 is 17.1 Å². The molecule has 0 fully saturated rings. The van der Waals surface area contributed by atoms with E-state index in [0.717, 1.165) is 34.8 Å². The molecule has 0 unspecified atom stereocenters. The third-order valence-electron chi connectivity index (χ3n) is 3.57. The number of benzene rings is 1. The second-order valence-corrected chi connectivity index (χ2v) is 5.35. The van der Waals surface area contributed by atoms with Crippen molar-refractivity contribution in [3.63, 3.8) is 0 Å². The summed E-state index contributed by atoms with van der Waals surface area (Å²) in [6, 6.07) is 14.1. The van der Waals surface area contributed by atoms with E-state index >= 15 is 0 Å². The molecule has 0 aliphatic rings. The first kappa shape index (κ1) is 13.7. The van der Waals surface area contributed by atoms with E-state index in [2.05, 4.69) is 11.1 Å². The van der Waals surface area contributed by atoms with Crippen LogP contribution in [0.25, 0.3) is 5.52 Å². The predicted molar refractivity (Wildman–Crippen MR) is 83.4 cm³/mol. The van der Waals surface area contributed by atoms with Gasteiger partial charge in [-0.3, -0.25) is 4.98 Å². The average molecular weight is 296 g/mol. The van der Waals surface area contributed by atoms with Crippen LogP contribution in [-0.4, -0.2) is 9.38 Å². The van der Waals surface area contributed by atoms with Crippen molar-refractivity contribution in [2.45, 2.75) is 19.3 Å². The summed E-state index contributed by atoms with van der Waals surface area (Å²) >= 11 is 5.90. The van der Waals surface area contributed by atoms with Crippen LogP contribution in [0.1, 0.15) is 17.0 Å². The van der Waals surface area contributed by atoms with Crippen LogP contribution in [0, 0.1) is 11.3 Å². The van der Waals surface area contributed by atoms with Crippen molar-refractivity contribution in [2.24, 2.45) is 0 Å². The molecule has 0 saturated carbocycles. The second-order valence-electron chi connectivity index (χ2n) is 4.92. The number of nitriles is 1. The summed E-state index contributed by atoms with van der Waals surface area (Å²) in [4.78, 5) is 4.48. The van der Waals surface area contributed by atoms with E-state index in [4.69, 9.17) is 16.9 Å². The summed E-state index contributed by atoms with van der Waals surface area (Å²) in [5.74, 6) is 0. The van der Waals surface area contributed by atoms with Crippen molar-refractivity contribution in [3.05, 3.63) is 70.8 Å². The minimum atomic E-state index is 0.412. The highest BCUT2D eigenvalue weighted by atomic mass is 35.5. The molecule has 2 heterocycles. The number of aryl methyl sites for hydroxylation is 2. The molecule has 0 aliphatic carbocycles. The monoisotopic (exact) mass is 295 g/mol. The van der Waals surface area contributed by atoms with Gasteiger partial charge in [-0.15, -0.1) is 0 Å². The first-order valence-corrected chi connectivity index (χ1v) is 7.21. The van der Waals surface area contributed by atoms with Crippen LogP contribution in [-0.2, 0) is 19.3 Å². The lowest BCUT2D eigenvalue weighted by molar-refractivity contribution is 0.900. The van der Waals surface area contributed by atoms with Gasteiger partial charge in [0.05, 0.1) is 23.7 Å². The molecule has 4 heteroatoms. The van der Waals surface area contributed by atoms with Gasteiger partial charge in [-0.25, -0.2) is 0 Å². The molecule has 0 amide bonds. The molecule has 3 nitrogen and oxygen atoms in total. The van der Waals surface area contributed by atoms with Gasteiger partial charge in [0.2, 0.25) is 0 Å². The molecule has 0 spiro atoms. The Bertz CT molecular complexity index is 797. The lowest BCUT2D eigenvalue weighted by Crippen LogP contribution is -2.00. The molecular formula is C17H14ClN3. The zero-order valence-corrected chi connectivity index (χ0v) is 12.2. The Morgan fingerprint density at radius 3 is 2.67 bits per heavy atom. The standard InChI is InChI=1S/C17H14ClN3/c18-14-4-1-13(2-5-14)3-7-16-17-8-6-15(9-10-19)21(17)12-11-20-16/h1-2,4-6,8,11-12H,3,7,9H2. The molecule has 0 radical (unpaired) electrons. The maximum Gasteiger partial charge on any atom is 0.0758 e. The van der Waals surface area contributed by atoms with Gasteiger partial charge < -0.3 is 4.40 Å². The lowest BCUT2D eigenvalue weighted by atomic mass is 10.1. The minimum absolute atomic E-state index is 0.412. The number of hydrogen-bond donors (Lipinski definition) is 0. The Morgan fingerprint density at radius 2 is 1.90 bits per heavy atom. The Hall–Kier alpha value is -2.31. The van der Waals surface area contributed by atoms with Crippen LogP contribution in [0.3, 0.4) is 0 Å². The van der Waals surface area contributed by atoms with Gasteiger partial charge in [0.15, 0.2) is 0 Å². The van der Waals surface area contributed by atoms with Crippen molar-refractivity contribution in [3.8, 4) is 6.07 Å². The quantitative estimate of drug-likeness (QED) is 0.734. The number of hydrogen-bond acceptors (Lipinski definition) is 2. The van der Waals surface area contributed by atoms with E-state index in [-0.39, 0.29) is 0 Å². The van der Waals surface area contributed by atoms with Crippen LogP contribution in [0.5, 0.6) is 0 Å². The van der Waals surface area contributed by atoms with Gasteiger partial charge in [-0.2, -0.15) is 5.26 Å². The molecule has 104 valence electrons. The molecule has 0 saturated heterocycles. The van der Waals surface area contributed by atoms with Crippen LogP contribution in [0.2, 0.25) is 5.02 Å². The van der Waals surface area contributed by atoms with Gasteiger partial charge in [0, 0.05) is 23.1 Å². The number of fused-ring (bicyclic) bond motifs is 1. The van der Waals surface area contributed by atoms with Gasteiger partial charge in [-0.1, -0.05) is 23.7 Å². The highest BCUT2D eigenvalue weighted by molar-refractivity contribution is 6.30. The van der Waals surface area contributed by atoms with Gasteiger partial charge in [-0.05, 0) is 42.7 Å². The van der Waals surface area contributed by atoms with E-state index in [0.29, 0.717) is 6.42 Å². The summed E-state index contributed by atoms with van der Waals surface area (Å²) in [5, 5.41) is 9.61. The molecule has 3 aromatic rings. The number of aromatic nitrogens is 2. The molecule has 1 aromatic carbocycles. The Morgan fingerprint density at radius 1 is 1.10 bits per heavy atom. The third-order valence-corrected chi connectivity index (χ3v) is 3.82.